The van der Waals surface area contributed by atoms with Gasteiger partial charge in [0.05, 0.1) is 22.1 Å². The normalized spacial score (nSPS) is 13.1. The van der Waals surface area contributed by atoms with Crippen molar-refractivity contribution in [2.75, 3.05) is 0 Å². The van der Waals surface area contributed by atoms with Gasteiger partial charge in [0, 0.05) is 16.3 Å². The SMILES string of the molecule is CCCCCCc1ccc(-c2cc(-c3ccc(CCCCCC)cc3)cc(-c3cccc(-c4cccc(C5(c6ccccc6)c6ccccc6-c6cc7c8cc(-c9ccc(CCCCCC)cc9)ccc8n(-c8cc(-c9ccc(-c%10ccccc%10)cc9)cc(-c9ccc(-c%10ccccc%10)cc9)n8)c7cc65)c4)c3)c2)cc1. The molecule has 1 unspecified atom stereocenters. The highest BCUT2D eigenvalue weighted by Gasteiger charge is 2.47. The molecule has 110 heavy (non-hydrogen) atoms. The second-order valence-corrected chi connectivity index (χ2v) is 30.6. The van der Waals surface area contributed by atoms with Gasteiger partial charge in [0.25, 0.3) is 0 Å². The third kappa shape index (κ3) is 14.6. The van der Waals surface area contributed by atoms with Gasteiger partial charge in [-0.05, 0) is 244 Å². The standard InChI is InChI=1S/C108H96N2/c1-4-7-10-16-29-76-44-50-83(51-45-76)91-64-65-105-100(71-91)101-74-99-98-42-25-26-43-102(98)108(96-39-23-15-24-40-96,103(99)75-106(101)110(105)107-73-95(86-58-56-81(57-59-86)79-32-19-13-20-33-79)72-104(109-107)87-62-60-82(61-63-87)80-34-21-14-22-35-80)97-41-28-38-90(70-97)88-36-27-37-89(66-88)94-68-92(84-52-46-77(47-53-84)30-17-11-8-5-2)67-93(69-94)85-54-48-78(49-55-85)31-18-12-9-6-3/h13-15,19-28,32-75H,4-12,16-18,29-31H2,1-3H3. The Hall–Kier alpha value is -12.0. The first-order valence-corrected chi connectivity index (χ1v) is 40.6. The van der Waals surface area contributed by atoms with Crippen LogP contribution < -0.4 is 0 Å². The Morgan fingerprint density at radius 2 is 0.609 bits per heavy atom. The summed E-state index contributed by atoms with van der Waals surface area (Å²) in [7, 11) is 0. The van der Waals surface area contributed by atoms with Crippen LogP contribution in [0.4, 0.5) is 0 Å². The molecule has 2 nitrogen and oxygen atoms in total. The summed E-state index contributed by atoms with van der Waals surface area (Å²) in [5.41, 5.74) is 34.1. The Balaban J connectivity index is 0.831. The maximum absolute atomic E-state index is 5.86. The molecule has 1 aliphatic rings. The summed E-state index contributed by atoms with van der Waals surface area (Å²) in [6, 6.07) is 131. The highest BCUT2D eigenvalue weighted by Crippen LogP contribution is 2.58. The minimum atomic E-state index is -0.736. The van der Waals surface area contributed by atoms with E-state index in [1.54, 1.807) is 0 Å². The number of aromatic nitrogens is 2. The maximum atomic E-state index is 5.86. The molecule has 2 heteroatoms. The van der Waals surface area contributed by atoms with E-state index < -0.39 is 5.41 Å². The third-order valence-corrected chi connectivity index (χ3v) is 23.4. The van der Waals surface area contributed by atoms with E-state index in [0.717, 1.165) is 58.5 Å². The first-order valence-electron chi connectivity index (χ1n) is 40.6. The highest BCUT2D eigenvalue weighted by atomic mass is 15.1. The number of rotatable bonds is 27. The van der Waals surface area contributed by atoms with Crippen molar-refractivity contribution >= 4 is 21.8 Å². The Morgan fingerprint density at radius 1 is 0.236 bits per heavy atom. The maximum Gasteiger partial charge on any atom is 0.138 e. The molecular weight excluding hydrogens is 1330 g/mol. The van der Waals surface area contributed by atoms with E-state index in [1.807, 2.05) is 0 Å². The number of aryl methyl sites for hydroxylation is 3. The molecular formula is C108H96N2. The van der Waals surface area contributed by atoms with Crippen LogP contribution >= 0.6 is 0 Å². The van der Waals surface area contributed by atoms with Crippen LogP contribution in [0.25, 0.3) is 139 Å². The van der Waals surface area contributed by atoms with Crippen LogP contribution in [0, 0.1) is 0 Å². The van der Waals surface area contributed by atoms with Gasteiger partial charge in [-0.15, -0.1) is 0 Å². The van der Waals surface area contributed by atoms with Gasteiger partial charge in [0.2, 0.25) is 0 Å². The fraction of sp³-hybridized carbons (Fsp3) is 0.176. The van der Waals surface area contributed by atoms with E-state index >= 15 is 0 Å². The summed E-state index contributed by atoms with van der Waals surface area (Å²) in [6.07, 6.45) is 18.5. The van der Waals surface area contributed by atoms with Crippen molar-refractivity contribution in [1.29, 1.82) is 0 Å². The Kier molecular flexibility index (Phi) is 20.9. The topological polar surface area (TPSA) is 17.8 Å². The lowest BCUT2D eigenvalue weighted by Crippen LogP contribution is -2.28. The second kappa shape index (κ2) is 32.5. The van der Waals surface area contributed by atoms with Crippen molar-refractivity contribution in [2.24, 2.45) is 0 Å². The van der Waals surface area contributed by atoms with Crippen LogP contribution in [0.5, 0.6) is 0 Å². The van der Waals surface area contributed by atoms with Gasteiger partial charge < -0.3 is 0 Å². The molecule has 2 heterocycles. The van der Waals surface area contributed by atoms with E-state index in [2.05, 4.69) is 371 Å². The van der Waals surface area contributed by atoms with Crippen LogP contribution in [-0.4, -0.2) is 9.55 Å². The zero-order chi connectivity index (χ0) is 74.2. The minimum Gasteiger partial charge on any atom is -0.294 e. The molecule has 0 N–H and O–H groups in total. The van der Waals surface area contributed by atoms with Crippen LogP contribution in [-0.2, 0) is 24.7 Å². The Morgan fingerprint density at radius 3 is 1.15 bits per heavy atom. The zero-order valence-electron chi connectivity index (χ0n) is 63.9. The number of pyridine rings is 1. The van der Waals surface area contributed by atoms with Crippen molar-refractivity contribution < 1.29 is 0 Å². The van der Waals surface area contributed by atoms with E-state index in [4.69, 9.17) is 4.98 Å². The number of nitrogens with zero attached hydrogens (tertiary/aromatic N) is 2. The largest absolute Gasteiger partial charge is 0.294 e. The quantitative estimate of drug-likeness (QED) is 0.0469. The van der Waals surface area contributed by atoms with Crippen molar-refractivity contribution in [3.63, 3.8) is 0 Å². The molecule has 1 atom stereocenters. The number of hydrogen-bond acceptors (Lipinski definition) is 1. The van der Waals surface area contributed by atoms with E-state index in [-0.39, 0.29) is 0 Å². The summed E-state index contributed by atoms with van der Waals surface area (Å²) >= 11 is 0. The first kappa shape index (κ1) is 71.0. The average molecular weight is 1420 g/mol. The van der Waals surface area contributed by atoms with Gasteiger partial charge in [0.1, 0.15) is 5.82 Å². The van der Waals surface area contributed by atoms with E-state index in [0.29, 0.717) is 0 Å². The molecule has 2 aromatic heterocycles. The number of unbranched alkanes of at least 4 members (excludes halogenated alkanes) is 9. The zero-order valence-corrected chi connectivity index (χ0v) is 63.9. The van der Waals surface area contributed by atoms with Crippen LogP contribution in [0.3, 0.4) is 0 Å². The Bertz CT molecular complexity index is 5670. The molecule has 0 aliphatic heterocycles. The summed E-state index contributed by atoms with van der Waals surface area (Å²) in [5, 5.41) is 2.37. The van der Waals surface area contributed by atoms with Gasteiger partial charge in [-0.25, -0.2) is 4.98 Å². The van der Waals surface area contributed by atoms with Crippen molar-refractivity contribution in [3.05, 3.63) is 385 Å². The third-order valence-electron chi connectivity index (χ3n) is 23.4. The summed E-state index contributed by atoms with van der Waals surface area (Å²) < 4.78 is 2.48. The predicted octanol–water partition coefficient (Wildman–Crippen LogP) is 29.9. The van der Waals surface area contributed by atoms with Gasteiger partial charge in [0.15, 0.2) is 0 Å². The monoisotopic (exact) mass is 1420 g/mol. The van der Waals surface area contributed by atoms with Gasteiger partial charge in [-0.1, -0.05) is 358 Å². The molecule has 0 saturated heterocycles. The molecule has 0 fully saturated rings. The summed E-state index contributed by atoms with van der Waals surface area (Å²) in [5.74, 6) is 0.856. The molecule has 17 rings (SSSR count). The van der Waals surface area contributed by atoms with Crippen LogP contribution in [0.15, 0.2) is 346 Å². The lowest BCUT2D eigenvalue weighted by molar-refractivity contribution is 0.667. The van der Waals surface area contributed by atoms with Crippen molar-refractivity contribution in [2.45, 2.75) is 122 Å². The van der Waals surface area contributed by atoms with Crippen molar-refractivity contribution in [3.8, 4) is 117 Å². The van der Waals surface area contributed by atoms with Crippen LogP contribution in [0.2, 0.25) is 0 Å². The highest BCUT2D eigenvalue weighted by molar-refractivity contribution is 6.13. The van der Waals surface area contributed by atoms with Gasteiger partial charge in [-0.2, -0.15) is 0 Å². The average Bonchev–Trinajstić information content (AvgIpc) is 1.52. The lowest BCUT2D eigenvalue weighted by atomic mass is 9.67. The molecule has 0 radical (unpaired) electrons. The fourth-order valence-electron chi connectivity index (χ4n) is 17.4. The van der Waals surface area contributed by atoms with Crippen molar-refractivity contribution in [1.82, 2.24) is 9.55 Å². The first-order chi connectivity index (χ1) is 54.4. The molecule has 0 spiro atoms. The number of fused-ring (bicyclic) bond motifs is 6. The molecule has 16 aromatic rings. The van der Waals surface area contributed by atoms with E-state index in [1.165, 1.54) is 216 Å². The molecule has 0 bridgehead atoms. The fourth-order valence-corrected chi connectivity index (χ4v) is 17.4. The number of hydrogen-bond donors (Lipinski definition) is 0. The predicted molar refractivity (Wildman–Crippen MR) is 468 cm³/mol. The summed E-state index contributed by atoms with van der Waals surface area (Å²) in [6.45, 7) is 6.87. The minimum absolute atomic E-state index is 0.736. The molecule has 0 amide bonds. The van der Waals surface area contributed by atoms with Crippen LogP contribution in [0.1, 0.15) is 137 Å². The molecule has 0 saturated carbocycles. The second-order valence-electron chi connectivity index (χ2n) is 30.6. The van der Waals surface area contributed by atoms with Gasteiger partial charge in [-0.3, -0.25) is 4.57 Å². The molecule has 14 aromatic carbocycles. The van der Waals surface area contributed by atoms with Gasteiger partial charge >= 0.3 is 0 Å². The Labute approximate surface area is 651 Å². The summed E-state index contributed by atoms with van der Waals surface area (Å²) in [4.78, 5) is 5.86. The smallest absolute Gasteiger partial charge is 0.138 e. The number of benzene rings is 14. The lowest BCUT2D eigenvalue weighted by Gasteiger charge is -2.34. The molecule has 1 aliphatic carbocycles. The molecule has 538 valence electrons. The van der Waals surface area contributed by atoms with E-state index in [9.17, 15) is 0 Å².